The summed E-state index contributed by atoms with van der Waals surface area (Å²) in [6.45, 7) is 7.35. The van der Waals surface area contributed by atoms with Gasteiger partial charge in [0.15, 0.2) is 61.8 Å². The highest BCUT2D eigenvalue weighted by atomic mass is 19.1. The van der Waals surface area contributed by atoms with Gasteiger partial charge in [-0.3, -0.25) is 37.4 Å². The molecule has 50 heteroatoms. The van der Waals surface area contributed by atoms with Crippen LogP contribution in [0.5, 0.6) is 0 Å². The molecule has 0 bridgehead atoms. The van der Waals surface area contributed by atoms with Crippen LogP contribution in [0.1, 0.15) is 144 Å². The monoisotopic (exact) mass is 1590 g/mol. The Morgan fingerprint density at radius 3 is 1.10 bits per heavy atom. The first-order valence-electron chi connectivity index (χ1n) is 34.7. The summed E-state index contributed by atoms with van der Waals surface area (Å²) >= 11 is 0. The van der Waals surface area contributed by atoms with E-state index in [1.165, 1.54) is 24.3 Å². The molecule has 0 aromatic carbocycles. The Hall–Kier alpha value is -10.8. The second kappa shape index (κ2) is 42.0. The number of halogens is 4. The minimum atomic E-state index is -2.29. The minimum Gasteiger partial charge on any atom is -0.462 e. The van der Waals surface area contributed by atoms with Gasteiger partial charge in [-0.1, -0.05) is 113 Å². The van der Waals surface area contributed by atoms with E-state index in [-0.39, 0.29) is 47.9 Å². The van der Waals surface area contributed by atoms with E-state index >= 15 is 8.78 Å². The van der Waals surface area contributed by atoms with Crippen molar-refractivity contribution < 1.29 is 95.1 Å². The van der Waals surface area contributed by atoms with Gasteiger partial charge in [0, 0.05) is 57.3 Å². The summed E-state index contributed by atoms with van der Waals surface area (Å²) in [5.41, 5.74) is 55.5. The van der Waals surface area contributed by atoms with Gasteiger partial charge in [0.2, 0.25) is 22.9 Å². The molecule has 4 aliphatic heterocycles. The number of esters is 4. The topological polar surface area (TPSA) is 714 Å². The maximum atomic E-state index is 15.2. The Morgan fingerprint density at radius 1 is 0.482 bits per heavy atom. The summed E-state index contributed by atoms with van der Waals surface area (Å²) in [7, 11) is 0. The molecule has 0 saturated carbocycles. The molecule has 8 rings (SSSR count). The van der Waals surface area contributed by atoms with Crippen LogP contribution in [0.4, 0.5) is 40.8 Å². The molecule has 0 radical (unpaired) electrons. The molecular formula is C62H90F4N26O20. The van der Waals surface area contributed by atoms with Crippen LogP contribution >= 0.6 is 0 Å². The minimum absolute atomic E-state index is 0.0404. The Kier molecular flexibility index (Phi) is 34.4. The number of hydrogen-bond acceptors (Lipinski definition) is 34. The molecule has 616 valence electrons. The molecule has 112 heavy (non-hydrogen) atoms. The van der Waals surface area contributed by atoms with Gasteiger partial charge in [-0.2, -0.15) is 19.9 Å². The smallest absolute Gasteiger partial charge is 0.351 e. The number of carbonyl (C=O) groups excluding carboxylic acids is 4. The first-order valence-corrected chi connectivity index (χ1v) is 34.7. The van der Waals surface area contributed by atoms with E-state index in [0.29, 0.717) is 12.8 Å². The Morgan fingerprint density at radius 2 is 0.777 bits per heavy atom. The van der Waals surface area contributed by atoms with Gasteiger partial charge < -0.3 is 92.7 Å². The molecule has 18 atom stereocenters. The number of azide groups is 4. The quantitative estimate of drug-likeness (QED) is 0.00638. The van der Waals surface area contributed by atoms with Gasteiger partial charge in [0.05, 0.1) is 13.2 Å². The van der Waals surface area contributed by atoms with Crippen LogP contribution in [0.2, 0.25) is 0 Å². The molecule has 8 heterocycles. The van der Waals surface area contributed by atoms with Crippen LogP contribution in [0, 0.1) is 11.8 Å². The number of nitrogen functional groups attached to an aromatic ring is 4. The lowest BCUT2D eigenvalue weighted by Gasteiger charge is -2.28. The summed E-state index contributed by atoms with van der Waals surface area (Å²) in [5, 5.41) is 53.1. The summed E-state index contributed by atoms with van der Waals surface area (Å²) in [6.07, 6.45) is -9.00. The van der Waals surface area contributed by atoms with Crippen molar-refractivity contribution in [2.45, 2.75) is 228 Å². The molecule has 4 saturated heterocycles. The van der Waals surface area contributed by atoms with E-state index < -0.39 is 182 Å². The van der Waals surface area contributed by atoms with E-state index in [9.17, 15) is 67.6 Å². The van der Waals surface area contributed by atoms with Crippen LogP contribution in [0.3, 0.4) is 0 Å². The van der Waals surface area contributed by atoms with Gasteiger partial charge in [-0.05, 0) is 71.1 Å². The molecule has 0 aliphatic carbocycles. The lowest BCUT2D eigenvalue weighted by molar-refractivity contribution is -0.170. The van der Waals surface area contributed by atoms with Crippen LogP contribution in [0.15, 0.2) is 88.7 Å². The van der Waals surface area contributed by atoms with Crippen molar-refractivity contribution in [1.29, 1.82) is 0 Å². The lowest BCUT2D eigenvalue weighted by atomic mass is 10.0. The zero-order valence-electron chi connectivity index (χ0n) is 61.4. The molecule has 4 aliphatic rings. The van der Waals surface area contributed by atoms with Crippen molar-refractivity contribution in [2.24, 2.45) is 43.8 Å². The van der Waals surface area contributed by atoms with Crippen molar-refractivity contribution in [3.05, 3.63) is 133 Å². The lowest BCUT2D eigenvalue weighted by Crippen LogP contribution is -2.49. The highest BCUT2D eigenvalue weighted by Crippen LogP contribution is 2.45. The number of anilines is 4. The van der Waals surface area contributed by atoms with Crippen LogP contribution in [-0.2, 0) is 57.1 Å². The van der Waals surface area contributed by atoms with E-state index in [1.807, 2.05) is 0 Å². The van der Waals surface area contributed by atoms with Crippen LogP contribution in [-0.4, -0.2) is 193 Å². The number of aliphatic hydroxyl groups is 4. The van der Waals surface area contributed by atoms with E-state index in [2.05, 4.69) is 73.9 Å². The molecule has 0 spiro atoms. The number of hydrogen-bond donors (Lipinski definition) is 10. The normalized spacial score (nSPS) is 27.3. The fourth-order valence-corrected chi connectivity index (χ4v) is 11.1. The Labute approximate surface area is 632 Å². The largest absolute Gasteiger partial charge is 0.462 e. The predicted octanol–water partition coefficient (Wildman–Crippen LogP) is 3.10. The van der Waals surface area contributed by atoms with Gasteiger partial charge in [0.25, 0.3) is 0 Å². The molecule has 16 N–H and O–H groups in total. The number of nitrogens with zero attached hydrogens (tertiary/aromatic N) is 20. The predicted molar refractivity (Wildman–Crippen MR) is 379 cm³/mol. The SMILES string of the molecule is CC(C)C(N)C(=O)OC[C@@]1(N=[N+]=[N-])O[C@@H](n2ccc(N)nc2=O)[C@H](F)[C@@H]1O.CC(C)C(N)C(=O)O[C@H]1[C@@H](F)[C@H](n2ccc(N)nc2=O)O[C@@]1(CO)N=[N+]=[N-].CCCCCCCC(=O)OC[C@@]1(N=[N+]=[N-])O[C@@H](n2ccc(N)nc2=O)[C@H](F)[C@@H]1O.CCCCCCCC(=O)O[C@H]1[C@@H](F)[C@H](n2ccc(N)nc2=O)O[C@@]1(CO)N=[N+]=[N-]. The van der Waals surface area contributed by atoms with Crippen molar-refractivity contribution in [3.63, 3.8) is 0 Å². The highest BCUT2D eigenvalue weighted by molar-refractivity contribution is 5.76. The highest BCUT2D eigenvalue weighted by Gasteiger charge is 2.62. The van der Waals surface area contributed by atoms with Crippen molar-refractivity contribution in [1.82, 2.24) is 38.2 Å². The fraction of sp³-hybridized carbons (Fsp3) is 0.677. The number of alkyl halides is 4. The van der Waals surface area contributed by atoms with Crippen molar-refractivity contribution >= 4 is 47.1 Å². The second-order valence-corrected chi connectivity index (χ2v) is 26.2. The van der Waals surface area contributed by atoms with Gasteiger partial charge >= 0.3 is 46.6 Å². The zero-order valence-corrected chi connectivity index (χ0v) is 61.4. The maximum absolute atomic E-state index is 15.2. The standard InChI is InChI=1S/2C17H25FN6O5.2C14H20FN7O5/c1-2-3-4-5-6-7-12(25)28-10-17(22-23-20)14(26)13(18)15(29-17)24-9-8-11(19)21-16(24)27;1-2-3-4-5-6-7-12(26)28-14-13(18)15(29-17(14,10-25)22-23-20)24-9-8-11(19)21-16(24)27;1-6(2)9(17)12(24)26-5-14(20-21-18)10(23)8(15)11(27-14)22-4-3-7(16)19-13(22)25;1-6(2)9(17)12(24)26-10-8(15)11(27-14(10,5-23)20-21-18)22-4-3-7(16)19-13(22)25/h8-9,13-15,26H,2-7,10H2,1H3,(H2,19,21,27);8-9,13-15,25H,2-7,10H2,1H3,(H2,19,21,27);2*3-4,6,8-11,23H,5,17H2,1-2H3,(H2,16,19,25)/t2*13-,14+,15-,17-;2*8-,9?,10+,11-,14-/m1111/s1. The molecule has 0 amide bonds. The molecule has 46 nitrogen and oxygen atoms in total. The third-order valence-corrected chi connectivity index (χ3v) is 17.5. The second-order valence-electron chi connectivity index (χ2n) is 26.2. The molecule has 4 aromatic rings. The number of nitrogens with two attached hydrogens (primary N) is 6. The van der Waals surface area contributed by atoms with Crippen molar-refractivity contribution in [2.75, 3.05) is 49.4 Å². The zero-order chi connectivity index (χ0) is 83.6. The summed E-state index contributed by atoms with van der Waals surface area (Å²) < 4.78 is 104. The van der Waals surface area contributed by atoms with Crippen LogP contribution < -0.4 is 57.2 Å². The van der Waals surface area contributed by atoms with E-state index in [1.54, 1.807) is 27.7 Å². The summed E-state index contributed by atoms with van der Waals surface area (Å²) in [6, 6.07) is 2.88. The molecular weight excluding hydrogens is 1500 g/mol. The third kappa shape index (κ3) is 22.7. The molecule has 4 aromatic heterocycles. The number of rotatable bonds is 32. The van der Waals surface area contributed by atoms with Gasteiger partial charge in [-0.25, -0.2) is 36.7 Å². The maximum Gasteiger partial charge on any atom is 0.351 e. The first-order chi connectivity index (χ1) is 53.0. The number of aliphatic hydroxyl groups excluding tert-OH is 4. The molecule has 4 fully saturated rings. The number of aromatic nitrogens is 8. The van der Waals surface area contributed by atoms with Crippen molar-refractivity contribution in [3.8, 4) is 0 Å². The van der Waals surface area contributed by atoms with Crippen LogP contribution in [0.25, 0.3) is 41.8 Å². The average molecular weight is 1600 g/mol. The van der Waals surface area contributed by atoms with Gasteiger partial charge in [-0.15, -0.1) is 0 Å². The third-order valence-electron chi connectivity index (χ3n) is 17.5. The Bertz CT molecular complexity index is 4280. The molecule has 2 unspecified atom stereocenters. The summed E-state index contributed by atoms with van der Waals surface area (Å²) in [4.78, 5) is 120. The van der Waals surface area contributed by atoms with Gasteiger partial charge in [0.1, 0.15) is 60.8 Å². The average Bonchev–Trinajstić information content (AvgIpc) is 1.62. The number of unbranched alkanes of at least 4 members (excludes halogenated alkanes) is 8. The van der Waals surface area contributed by atoms with E-state index in [4.69, 9.17) is 94.4 Å². The summed E-state index contributed by atoms with van der Waals surface area (Å²) in [5.74, 6) is -4.04. The fourth-order valence-electron chi connectivity index (χ4n) is 11.1. The Balaban J connectivity index is 0.000000267. The number of carbonyl (C=O) groups is 4. The van der Waals surface area contributed by atoms with E-state index in [0.717, 1.165) is 94.4 Å². The number of ether oxygens (including phenoxy) is 8. The first kappa shape index (κ1) is 91.8.